The molecule has 114 valence electrons. The molecular weight excluding hydrogens is 272 g/mol. The van der Waals surface area contributed by atoms with Gasteiger partial charge in [-0.2, -0.15) is 0 Å². The van der Waals surface area contributed by atoms with Gasteiger partial charge in [0.1, 0.15) is 0 Å². The Hall–Kier alpha value is -1.67. The van der Waals surface area contributed by atoms with Crippen LogP contribution in [0.15, 0.2) is 0 Å². The molecular formula is C12H18O8. The van der Waals surface area contributed by atoms with E-state index in [2.05, 4.69) is 0 Å². The average Bonchev–Trinajstić information content (AvgIpc) is 2.27. The number of aliphatic hydroxyl groups is 1. The maximum atomic E-state index is 11.2. The zero-order chi connectivity index (χ0) is 15.4. The Kier molecular flexibility index (Phi) is 5.46. The van der Waals surface area contributed by atoms with Gasteiger partial charge < -0.3 is 24.1 Å². The van der Waals surface area contributed by atoms with Crippen LogP contribution in [0.5, 0.6) is 0 Å². The van der Waals surface area contributed by atoms with E-state index in [0.717, 1.165) is 13.8 Å². The summed E-state index contributed by atoms with van der Waals surface area (Å²) >= 11 is 0. The fraction of sp³-hybridized carbons (Fsp3) is 0.750. The third-order valence-corrected chi connectivity index (χ3v) is 2.65. The van der Waals surface area contributed by atoms with Gasteiger partial charge in [-0.3, -0.25) is 14.4 Å². The van der Waals surface area contributed by atoms with Gasteiger partial charge in [0.05, 0.1) is 6.10 Å². The van der Waals surface area contributed by atoms with Crippen LogP contribution in [0.2, 0.25) is 0 Å². The largest absolute Gasteiger partial charge is 0.456 e. The summed E-state index contributed by atoms with van der Waals surface area (Å²) in [6, 6.07) is 0. The van der Waals surface area contributed by atoms with Crippen molar-refractivity contribution in [1.29, 1.82) is 0 Å². The van der Waals surface area contributed by atoms with Crippen LogP contribution < -0.4 is 0 Å². The van der Waals surface area contributed by atoms with Crippen molar-refractivity contribution in [1.82, 2.24) is 0 Å². The molecule has 0 aromatic rings. The predicted molar refractivity (Wildman–Crippen MR) is 63.2 cm³/mol. The zero-order valence-electron chi connectivity index (χ0n) is 11.7. The minimum Gasteiger partial charge on any atom is -0.456 e. The fourth-order valence-corrected chi connectivity index (χ4v) is 1.99. The summed E-state index contributed by atoms with van der Waals surface area (Å²) in [4.78, 5) is 33.3. The van der Waals surface area contributed by atoms with Crippen molar-refractivity contribution in [3.05, 3.63) is 0 Å². The van der Waals surface area contributed by atoms with Gasteiger partial charge in [0.25, 0.3) is 0 Å². The van der Waals surface area contributed by atoms with Crippen molar-refractivity contribution < 1.29 is 38.4 Å². The lowest BCUT2D eigenvalue weighted by atomic mass is 9.99. The standard InChI is InChI=1S/C12H18O8/c1-5-9(18-6(2)13)10(19-7(3)14)11(12(16)17-5)20-8(4)15/h5,9-12,16H,1-4H3/t5?,9-,10?,11-,12+/m0/s1. The van der Waals surface area contributed by atoms with E-state index >= 15 is 0 Å². The molecule has 1 aliphatic heterocycles. The van der Waals surface area contributed by atoms with Gasteiger partial charge in [-0.1, -0.05) is 0 Å². The Morgan fingerprint density at radius 1 is 0.850 bits per heavy atom. The molecule has 1 heterocycles. The van der Waals surface area contributed by atoms with Crippen LogP contribution in [0.25, 0.3) is 0 Å². The molecule has 0 bridgehead atoms. The molecule has 1 aliphatic rings. The van der Waals surface area contributed by atoms with Crippen molar-refractivity contribution in [2.24, 2.45) is 0 Å². The van der Waals surface area contributed by atoms with Crippen molar-refractivity contribution in [2.45, 2.75) is 58.4 Å². The minimum absolute atomic E-state index is 0.611. The molecule has 8 heteroatoms. The van der Waals surface area contributed by atoms with Gasteiger partial charge in [0, 0.05) is 20.8 Å². The maximum Gasteiger partial charge on any atom is 0.303 e. The van der Waals surface area contributed by atoms with E-state index in [9.17, 15) is 19.5 Å². The van der Waals surface area contributed by atoms with Gasteiger partial charge in [-0.25, -0.2) is 0 Å². The van der Waals surface area contributed by atoms with Crippen LogP contribution in [-0.2, 0) is 33.3 Å². The summed E-state index contributed by atoms with van der Waals surface area (Å²) < 4.78 is 20.1. The smallest absolute Gasteiger partial charge is 0.303 e. The van der Waals surface area contributed by atoms with Gasteiger partial charge in [-0.15, -0.1) is 0 Å². The molecule has 0 aromatic heterocycles. The first-order valence-corrected chi connectivity index (χ1v) is 6.07. The molecule has 1 rings (SSSR count). The number of ether oxygens (including phenoxy) is 4. The number of aliphatic hydroxyl groups excluding tert-OH is 1. The van der Waals surface area contributed by atoms with E-state index in [0.29, 0.717) is 0 Å². The minimum atomic E-state index is -1.48. The van der Waals surface area contributed by atoms with E-state index in [-0.39, 0.29) is 0 Å². The first kappa shape index (κ1) is 16.4. The Morgan fingerprint density at radius 2 is 1.25 bits per heavy atom. The summed E-state index contributed by atoms with van der Waals surface area (Å²) in [6.07, 6.45) is -5.60. The van der Waals surface area contributed by atoms with Gasteiger partial charge in [0.15, 0.2) is 24.6 Å². The Labute approximate surface area is 115 Å². The van der Waals surface area contributed by atoms with E-state index in [1.54, 1.807) is 0 Å². The number of carbonyl (C=O) groups is 3. The number of esters is 3. The first-order valence-electron chi connectivity index (χ1n) is 6.07. The van der Waals surface area contributed by atoms with E-state index in [1.807, 2.05) is 0 Å². The Balaban J connectivity index is 3.01. The third kappa shape index (κ3) is 4.17. The molecule has 0 aliphatic carbocycles. The second-order valence-corrected chi connectivity index (χ2v) is 4.45. The second-order valence-electron chi connectivity index (χ2n) is 4.45. The van der Waals surface area contributed by atoms with Crippen LogP contribution in [0.1, 0.15) is 27.7 Å². The molecule has 2 unspecified atom stereocenters. The topological polar surface area (TPSA) is 108 Å². The summed E-state index contributed by atoms with van der Waals surface area (Å²) in [5.41, 5.74) is 0. The molecule has 20 heavy (non-hydrogen) atoms. The highest BCUT2D eigenvalue weighted by molar-refractivity contribution is 5.68. The number of hydrogen-bond acceptors (Lipinski definition) is 8. The molecule has 1 saturated heterocycles. The van der Waals surface area contributed by atoms with Gasteiger partial charge >= 0.3 is 17.9 Å². The summed E-state index contributed by atoms with van der Waals surface area (Å²) in [5.74, 6) is -1.96. The number of rotatable bonds is 3. The van der Waals surface area contributed by atoms with Crippen LogP contribution in [-0.4, -0.2) is 53.7 Å². The molecule has 0 radical (unpaired) electrons. The van der Waals surface area contributed by atoms with E-state index in [1.165, 1.54) is 13.8 Å². The highest BCUT2D eigenvalue weighted by Gasteiger charge is 2.49. The zero-order valence-corrected chi connectivity index (χ0v) is 11.7. The quantitative estimate of drug-likeness (QED) is 0.548. The van der Waals surface area contributed by atoms with Crippen LogP contribution in [0, 0.1) is 0 Å². The Bertz CT molecular complexity index is 365. The lowest BCUT2D eigenvalue weighted by Gasteiger charge is -2.41. The number of hydrogen-bond donors (Lipinski definition) is 1. The van der Waals surface area contributed by atoms with E-state index in [4.69, 9.17) is 18.9 Å². The first-order chi connectivity index (χ1) is 9.22. The molecule has 1 N–H and O–H groups in total. The van der Waals surface area contributed by atoms with Crippen LogP contribution >= 0.6 is 0 Å². The third-order valence-electron chi connectivity index (χ3n) is 2.65. The van der Waals surface area contributed by atoms with Crippen LogP contribution in [0.3, 0.4) is 0 Å². The highest BCUT2D eigenvalue weighted by atomic mass is 16.7. The van der Waals surface area contributed by atoms with E-state index < -0.39 is 48.6 Å². The summed E-state index contributed by atoms with van der Waals surface area (Å²) in [5, 5.41) is 9.79. The molecule has 0 aromatic carbocycles. The molecule has 0 saturated carbocycles. The summed E-state index contributed by atoms with van der Waals surface area (Å²) in [7, 11) is 0. The predicted octanol–water partition coefficient (Wildman–Crippen LogP) is -0.481. The van der Waals surface area contributed by atoms with Gasteiger partial charge in [0.2, 0.25) is 0 Å². The van der Waals surface area contributed by atoms with Crippen LogP contribution in [0.4, 0.5) is 0 Å². The average molecular weight is 290 g/mol. The van der Waals surface area contributed by atoms with Crippen molar-refractivity contribution >= 4 is 17.9 Å². The summed E-state index contributed by atoms with van der Waals surface area (Å²) in [6.45, 7) is 5.01. The fourth-order valence-electron chi connectivity index (χ4n) is 1.99. The normalized spacial score (nSPS) is 33.1. The molecule has 0 amide bonds. The SMILES string of the molecule is CC(=O)OC1[C@@H](OC(C)=O)C(C)O[C@@H](O)[C@H]1OC(C)=O. The Morgan fingerprint density at radius 3 is 1.70 bits per heavy atom. The highest BCUT2D eigenvalue weighted by Crippen LogP contribution is 2.27. The van der Waals surface area contributed by atoms with Crippen molar-refractivity contribution in [3.8, 4) is 0 Å². The second kappa shape index (κ2) is 6.67. The molecule has 1 fully saturated rings. The monoisotopic (exact) mass is 290 g/mol. The van der Waals surface area contributed by atoms with Crippen molar-refractivity contribution in [2.75, 3.05) is 0 Å². The lowest BCUT2D eigenvalue weighted by molar-refractivity contribution is -0.288. The number of carbonyl (C=O) groups excluding carboxylic acids is 3. The maximum absolute atomic E-state index is 11.2. The molecule has 0 spiro atoms. The lowest BCUT2D eigenvalue weighted by Crippen LogP contribution is -2.60. The molecule has 8 nitrogen and oxygen atoms in total. The molecule has 5 atom stereocenters. The van der Waals surface area contributed by atoms with Gasteiger partial charge in [-0.05, 0) is 6.92 Å². The van der Waals surface area contributed by atoms with Crippen molar-refractivity contribution in [3.63, 3.8) is 0 Å².